The summed E-state index contributed by atoms with van der Waals surface area (Å²) in [5.41, 5.74) is 0.513. The van der Waals surface area contributed by atoms with Crippen molar-refractivity contribution in [3.05, 3.63) is 34.3 Å². The van der Waals surface area contributed by atoms with Crippen LogP contribution in [0.1, 0.15) is 55.3 Å². The van der Waals surface area contributed by atoms with Crippen LogP contribution in [0.3, 0.4) is 0 Å². The highest BCUT2D eigenvalue weighted by molar-refractivity contribution is 9.10. The SMILES string of the molecule is O=C(NC1CCCCC1)NC1CCN(C(=O)CNC(=O)c2cccc(Br)c2)CC1. The number of carbonyl (C=O) groups is 3. The van der Waals surface area contributed by atoms with Crippen LogP contribution in [0.5, 0.6) is 0 Å². The molecule has 2 aliphatic rings. The second-order valence-corrected chi connectivity index (χ2v) is 8.72. The van der Waals surface area contributed by atoms with Crippen LogP contribution in [0.4, 0.5) is 4.79 Å². The molecule has 0 aromatic heterocycles. The lowest BCUT2D eigenvalue weighted by Gasteiger charge is -2.33. The lowest BCUT2D eigenvalue weighted by Crippen LogP contribution is -2.52. The van der Waals surface area contributed by atoms with Gasteiger partial charge in [0, 0.05) is 35.2 Å². The molecule has 0 atom stereocenters. The van der Waals surface area contributed by atoms with Crippen LogP contribution in [0.15, 0.2) is 28.7 Å². The second kappa shape index (κ2) is 10.6. The van der Waals surface area contributed by atoms with Gasteiger partial charge in [0.25, 0.3) is 5.91 Å². The van der Waals surface area contributed by atoms with E-state index in [4.69, 9.17) is 0 Å². The Balaban J connectivity index is 1.35. The monoisotopic (exact) mass is 464 g/mol. The summed E-state index contributed by atoms with van der Waals surface area (Å²) in [6.07, 6.45) is 7.20. The molecule has 0 unspecified atom stereocenters. The molecule has 0 spiro atoms. The average Bonchev–Trinajstić information content (AvgIpc) is 2.73. The minimum absolute atomic E-state index is 0.0222. The number of likely N-dealkylation sites (tertiary alicyclic amines) is 1. The maximum atomic E-state index is 12.4. The summed E-state index contributed by atoms with van der Waals surface area (Å²) in [5.74, 6) is -0.367. The quantitative estimate of drug-likeness (QED) is 0.625. The van der Waals surface area contributed by atoms with E-state index >= 15 is 0 Å². The highest BCUT2D eigenvalue weighted by atomic mass is 79.9. The van der Waals surface area contributed by atoms with Crippen LogP contribution in [0.2, 0.25) is 0 Å². The van der Waals surface area contributed by atoms with E-state index in [2.05, 4.69) is 31.9 Å². The molecule has 0 radical (unpaired) electrons. The predicted octanol–water partition coefficient (Wildman–Crippen LogP) is 2.80. The molecule has 1 aromatic rings. The van der Waals surface area contributed by atoms with Crippen molar-refractivity contribution in [1.29, 1.82) is 0 Å². The number of benzene rings is 1. The molecular formula is C21H29BrN4O3. The highest BCUT2D eigenvalue weighted by Crippen LogP contribution is 2.17. The Morgan fingerprint density at radius 1 is 0.966 bits per heavy atom. The summed E-state index contributed by atoms with van der Waals surface area (Å²) in [6, 6.07) is 7.33. The minimum Gasteiger partial charge on any atom is -0.343 e. The largest absolute Gasteiger partial charge is 0.343 e. The van der Waals surface area contributed by atoms with Crippen LogP contribution in [-0.4, -0.2) is 54.5 Å². The van der Waals surface area contributed by atoms with Crippen molar-refractivity contribution in [3.63, 3.8) is 0 Å². The molecule has 1 aliphatic carbocycles. The number of rotatable bonds is 5. The summed E-state index contributed by atoms with van der Waals surface area (Å²) >= 11 is 3.33. The van der Waals surface area contributed by atoms with Gasteiger partial charge in [-0.25, -0.2) is 4.79 Å². The van der Waals surface area contributed by atoms with Gasteiger partial charge in [0.1, 0.15) is 0 Å². The van der Waals surface area contributed by atoms with Gasteiger partial charge in [-0.15, -0.1) is 0 Å². The molecule has 29 heavy (non-hydrogen) atoms. The number of nitrogens with one attached hydrogen (secondary N) is 3. The van der Waals surface area contributed by atoms with Crippen molar-refractivity contribution in [1.82, 2.24) is 20.9 Å². The van der Waals surface area contributed by atoms with Crippen molar-refractivity contribution >= 4 is 33.8 Å². The van der Waals surface area contributed by atoms with E-state index in [1.807, 2.05) is 6.07 Å². The molecule has 7 nitrogen and oxygen atoms in total. The lowest BCUT2D eigenvalue weighted by molar-refractivity contribution is -0.131. The second-order valence-electron chi connectivity index (χ2n) is 7.80. The Hall–Kier alpha value is -2.09. The number of amides is 4. The van der Waals surface area contributed by atoms with Crippen molar-refractivity contribution in [2.24, 2.45) is 0 Å². The first-order valence-electron chi connectivity index (χ1n) is 10.4. The van der Waals surface area contributed by atoms with E-state index in [-0.39, 0.29) is 30.4 Å². The number of carbonyl (C=O) groups excluding carboxylic acids is 3. The Kier molecular flexibility index (Phi) is 7.91. The zero-order chi connectivity index (χ0) is 20.6. The zero-order valence-electron chi connectivity index (χ0n) is 16.6. The topological polar surface area (TPSA) is 90.5 Å². The normalized spacial score (nSPS) is 18.2. The third-order valence-corrected chi connectivity index (χ3v) is 6.10. The van der Waals surface area contributed by atoms with Gasteiger partial charge < -0.3 is 20.9 Å². The molecule has 4 amide bonds. The van der Waals surface area contributed by atoms with Gasteiger partial charge >= 0.3 is 6.03 Å². The van der Waals surface area contributed by atoms with Crippen molar-refractivity contribution < 1.29 is 14.4 Å². The van der Waals surface area contributed by atoms with Crippen LogP contribution < -0.4 is 16.0 Å². The Morgan fingerprint density at radius 3 is 2.28 bits per heavy atom. The van der Waals surface area contributed by atoms with E-state index in [0.717, 1.165) is 30.2 Å². The third kappa shape index (κ3) is 6.73. The van der Waals surface area contributed by atoms with Gasteiger partial charge in [0.15, 0.2) is 0 Å². The number of hydrogen-bond donors (Lipinski definition) is 3. The van der Waals surface area contributed by atoms with Gasteiger partial charge in [-0.05, 0) is 43.9 Å². The Labute approximate surface area is 180 Å². The van der Waals surface area contributed by atoms with Crippen molar-refractivity contribution in [2.75, 3.05) is 19.6 Å². The minimum atomic E-state index is -0.268. The fraction of sp³-hybridized carbons (Fsp3) is 0.571. The number of piperidine rings is 1. The third-order valence-electron chi connectivity index (χ3n) is 5.61. The molecule has 8 heteroatoms. The van der Waals surface area contributed by atoms with Gasteiger partial charge in [-0.2, -0.15) is 0 Å². The Morgan fingerprint density at radius 2 is 1.62 bits per heavy atom. The standard InChI is InChI=1S/C21H29BrN4O3/c22-16-6-4-5-15(13-16)20(28)23-14-19(27)26-11-9-18(10-12-26)25-21(29)24-17-7-2-1-3-8-17/h4-6,13,17-18H,1-3,7-12,14H2,(H,23,28)(H2,24,25,29). The highest BCUT2D eigenvalue weighted by Gasteiger charge is 2.25. The van der Waals surface area contributed by atoms with Gasteiger partial charge in [-0.3, -0.25) is 9.59 Å². The van der Waals surface area contributed by atoms with Crippen molar-refractivity contribution in [2.45, 2.75) is 57.0 Å². The Bertz CT molecular complexity index is 728. The molecule has 1 aliphatic heterocycles. The smallest absolute Gasteiger partial charge is 0.315 e. The summed E-state index contributed by atoms with van der Waals surface area (Å²) in [6.45, 7) is 1.14. The first-order valence-corrected chi connectivity index (χ1v) is 11.2. The fourth-order valence-electron chi connectivity index (χ4n) is 3.93. The molecule has 2 fully saturated rings. The molecule has 1 aromatic carbocycles. The molecule has 158 valence electrons. The average molecular weight is 465 g/mol. The maximum Gasteiger partial charge on any atom is 0.315 e. The summed E-state index contributed by atoms with van der Waals surface area (Å²) in [5, 5.41) is 8.79. The summed E-state index contributed by atoms with van der Waals surface area (Å²) < 4.78 is 0.818. The lowest BCUT2D eigenvalue weighted by atomic mass is 9.96. The molecule has 3 rings (SSSR count). The molecule has 3 N–H and O–H groups in total. The number of urea groups is 1. The molecule has 0 bridgehead atoms. The van der Waals surface area contributed by atoms with Crippen LogP contribution in [-0.2, 0) is 4.79 Å². The number of halogens is 1. The van der Waals surface area contributed by atoms with E-state index in [1.54, 1.807) is 23.1 Å². The number of nitrogens with zero attached hydrogens (tertiary/aromatic N) is 1. The maximum absolute atomic E-state index is 12.4. The first kappa shape index (κ1) is 21.6. The fourth-order valence-corrected chi connectivity index (χ4v) is 4.33. The van der Waals surface area contributed by atoms with E-state index in [1.165, 1.54) is 19.3 Å². The van der Waals surface area contributed by atoms with Gasteiger partial charge in [0.2, 0.25) is 5.91 Å². The molecule has 1 saturated carbocycles. The van der Waals surface area contributed by atoms with E-state index in [9.17, 15) is 14.4 Å². The van der Waals surface area contributed by atoms with Gasteiger partial charge in [0.05, 0.1) is 6.54 Å². The van der Waals surface area contributed by atoms with E-state index in [0.29, 0.717) is 24.7 Å². The van der Waals surface area contributed by atoms with Gasteiger partial charge in [-0.1, -0.05) is 41.3 Å². The zero-order valence-corrected chi connectivity index (χ0v) is 18.2. The van der Waals surface area contributed by atoms with Crippen LogP contribution in [0, 0.1) is 0 Å². The summed E-state index contributed by atoms with van der Waals surface area (Å²) in [4.78, 5) is 38.5. The first-order chi connectivity index (χ1) is 14.0. The number of hydrogen-bond acceptors (Lipinski definition) is 3. The van der Waals surface area contributed by atoms with Crippen molar-refractivity contribution in [3.8, 4) is 0 Å². The van der Waals surface area contributed by atoms with E-state index < -0.39 is 0 Å². The summed E-state index contributed by atoms with van der Waals surface area (Å²) in [7, 11) is 0. The molecule has 1 saturated heterocycles. The predicted molar refractivity (Wildman–Crippen MR) is 115 cm³/mol. The van der Waals surface area contributed by atoms with Crippen LogP contribution >= 0.6 is 15.9 Å². The van der Waals surface area contributed by atoms with Crippen LogP contribution in [0.25, 0.3) is 0 Å². The molecule has 1 heterocycles. The molecular weight excluding hydrogens is 436 g/mol.